The lowest BCUT2D eigenvalue weighted by Crippen LogP contribution is -2.36. The van der Waals surface area contributed by atoms with Gasteiger partial charge in [-0.3, -0.25) is 4.79 Å². The monoisotopic (exact) mass is 327 g/mol. The molecule has 0 atom stereocenters. The normalized spacial score (nSPS) is 15.3. The number of likely N-dealkylation sites (tertiary alicyclic amines) is 1. The predicted octanol–water partition coefficient (Wildman–Crippen LogP) is 2.56. The van der Waals surface area contributed by atoms with Gasteiger partial charge < -0.3 is 14.2 Å². The molecule has 0 N–H and O–H groups in total. The highest BCUT2D eigenvalue weighted by Gasteiger charge is 2.26. The Morgan fingerprint density at radius 3 is 2.88 bits per heavy atom. The summed E-state index contributed by atoms with van der Waals surface area (Å²) in [4.78, 5) is 18.0. The Morgan fingerprint density at radius 1 is 1.42 bits per heavy atom. The second-order valence-corrected chi connectivity index (χ2v) is 5.84. The molecule has 1 amide bonds. The van der Waals surface area contributed by atoms with E-state index < -0.39 is 0 Å². The lowest BCUT2D eigenvalue weighted by atomic mass is 9.96. The van der Waals surface area contributed by atoms with Crippen molar-refractivity contribution >= 4 is 5.91 Å². The van der Waals surface area contributed by atoms with E-state index in [1.54, 1.807) is 12.0 Å². The maximum atomic E-state index is 11.6. The number of piperidine rings is 1. The van der Waals surface area contributed by atoms with Gasteiger partial charge in [0.05, 0.1) is 7.11 Å². The number of amides is 1. The van der Waals surface area contributed by atoms with E-state index in [1.165, 1.54) is 6.08 Å². The van der Waals surface area contributed by atoms with Gasteiger partial charge in [0.15, 0.2) is 5.82 Å². The van der Waals surface area contributed by atoms with E-state index in [4.69, 9.17) is 9.26 Å². The molecule has 0 bridgehead atoms. The van der Waals surface area contributed by atoms with E-state index in [9.17, 15) is 4.79 Å². The minimum Gasteiger partial charge on any atom is -0.496 e. The molecule has 1 saturated heterocycles. The second-order valence-electron chi connectivity index (χ2n) is 5.84. The largest absolute Gasteiger partial charge is 0.496 e. The number of benzene rings is 1. The molecule has 6 heteroatoms. The zero-order chi connectivity index (χ0) is 16.9. The van der Waals surface area contributed by atoms with Gasteiger partial charge in [-0.15, -0.1) is 0 Å². The summed E-state index contributed by atoms with van der Waals surface area (Å²) in [5.41, 5.74) is 1.03. The average Bonchev–Trinajstić information content (AvgIpc) is 3.10. The van der Waals surface area contributed by atoms with Crippen LogP contribution in [0.1, 0.15) is 36.0 Å². The number of nitrogens with zero attached hydrogens (tertiary/aromatic N) is 3. The maximum Gasteiger partial charge on any atom is 0.245 e. The Bertz CT molecular complexity index is 718. The van der Waals surface area contributed by atoms with Gasteiger partial charge in [0.25, 0.3) is 0 Å². The first-order valence-electron chi connectivity index (χ1n) is 8.07. The Hall–Kier alpha value is -2.63. The first-order valence-corrected chi connectivity index (χ1v) is 8.07. The summed E-state index contributed by atoms with van der Waals surface area (Å²) in [5, 5.41) is 4.09. The number of rotatable bonds is 5. The van der Waals surface area contributed by atoms with Crippen LogP contribution in [0.5, 0.6) is 5.75 Å². The van der Waals surface area contributed by atoms with Crippen molar-refractivity contribution in [1.29, 1.82) is 0 Å². The molecule has 6 nitrogen and oxygen atoms in total. The summed E-state index contributed by atoms with van der Waals surface area (Å²) < 4.78 is 10.8. The van der Waals surface area contributed by atoms with Crippen LogP contribution in [-0.2, 0) is 11.2 Å². The van der Waals surface area contributed by atoms with Gasteiger partial charge >= 0.3 is 0 Å². The van der Waals surface area contributed by atoms with Crippen molar-refractivity contribution in [2.75, 3.05) is 20.2 Å². The molecule has 0 unspecified atom stereocenters. The molecule has 3 rings (SSSR count). The van der Waals surface area contributed by atoms with Gasteiger partial charge in [-0.2, -0.15) is 4.98 Å². The summed E-state index contributed by atoms with van der Waals surface area (Å²) in [6, 6.07) is 7.81. The molecule has 0 saturated carbocycles. The van der Waals surface area contributed by atoms with Crippen LogP contribution in [0.25, 0.3) is 0 Å². The smallest absolute Gasteiger partial charge is 0.245 e. The van der Waals surface area contributed by atoms with Gasteiger partial charge in [-0.1, -0.05) is 29.9 Å². The molecule has 1 aromatic carbocycles. The van der Waals surface area contributed by atoms with E-state index in [2.05, 4.69) is 16.7 Å². The van der Waals surface area contributed by atoms with Crippen molar-refractivity contribution in [2.45, 2.75) is 25.2 Å². The van der Waals surface area contributed by atoms with Crippen molar-refractivity contribution in [1.82, 2.24) is 15.0 Å². The highest BCUT2D eigenvalue weighted by Crippen LogP contribution is 2.27. The van der Waals surface area contributed by atoms with E-state index in [-0.39, 0.29) is 11.8 Å². The Morgan fingerprint density at radius 2 is 2.17 bits per heavy atom. The first kappa shape index (κ1) is 16.2. The van der Waals surface area contributed by atoms with Gasteiger partial charge in [-0.05, 0) is 25.0 Å². The number of hydrogen-bond acceptors (Lipinski definition) is 5. The number of carbonyl (C=O) groups is 1. The van der Waals surface area contributed by atoms with E-state index in [0.717, 1.165) is 24.2 Å². The molecule has 2 aromatic rings. The topological polar surface area (TPSA) is 68.5 Å². The van der Waals surface area contributed by atoms with Crippen LogP contribution < -0.4 is 4.74 Å². The summed E-state index contributed by atoms with van der Waals surface area (Å²) in [6.07, 6.45) is 3.59. The fourth-order valence-electron chi connectivity index (χ4n) is 3.00. The van der Waals surface area contributed by atoms with E-state index in [1.807, 2.05) is 24.3 Å². The standard InChI is InChI=1S/C18H21N3O3/c1-3-17(22)21-10-8-13(9-11-21)18-19-16(20-24-18)12-14-6-4-5-7-15(14)23-2/h3-7,13H,1,8-12H2,2H3. The van der Waals surface area contributed by atoms with Crippen LogP contribution in [-0.4, -0.2) is 41.1 Å². The summed E-state index contributed by atoms with van der Waals surface area (Å²) >= 11 is 0. The third-order valence-corrected chi connectivity index (χ3v) is 4.36. The van der Waals surface area contributed by atoms with Gasteiger partial charge in [0.1, 0.15) is 5.75 Å². The summed E-state index contributed by atoms with van der Waals surface area (Å²) in [5.74, 6) is 2.32. The minimum absolute atomic E-state index is 0.0177. The summed E-state index contributed by atoms with van der Waals surface area (Å²) in [7, 11) is 1.65. The molecule has 1 aromatic heterocycles. The van der Waals surface area contributed by atoms with Crippen LogP contribution in [0, 0.1) is 0 Å². The highest BCUT2D eigenvalue weighted by molar-refractivity contribution is 5.87. The van der Waals surface area contributed by atoms with Crippen molar-refractivity contribution in [3.63, 3.8) is 0 Å². The van der Waals surface area contributed by atoms with Crippen LogP contribution >= 0.6 is 0 Å². The van der Waals surface area contributed by atoms with Gasteiger partial charge in [0.2, 0.25) is 11.8 Å². The lowest BCUT2D eigenvalue weighted by molar-refractivity contribution is -0.127. The quantitative estimate of drug-likeness (QED) is 0.790. The molecule has 24 heavy (non-hydrogen) atoms. The summed E-state index contributed by atoms with van der Waals surface area (Å²) in [6.45, 7) is 4.92. The Kier molecular flexibility index (Phi) is 4.93. The fraction of sp³-hybridized carbons (Fsp3) is 0.389. The lowest BCUT2D eigenvalue weighted by Gasteiger charge is -2.29. The molecule has 1 fully saturated rings. The SMILES string of the molecule is C=CC(=O)N1CCC(c2nc(Cc3ccccc3OC)no2)CC1. The number of para-hydroxylation sites is 1. The first-order chi connectivity index (χ1) is 11.7. The van der Waals surface area contributed by atoms with Crippen LogP contribution in [0.2, 0.25) is 0 Å². The third-order valence-electron chi connectivity index (χ3n) is 4.36. The molecular formula is C18H21N3O3. The predicted molar refractivity (Wildman–Crippen MR) is 88.9 cm³/mol. The number of carbonyl (C=O) groups excluding carboxylic acids is 1. The third kappa shape index (κ3) is 3.48. The number of ether oxygens (including phenoxy) is 1. The second kappa shape index (κ2) is 7.29. The van der Waals surface area contributed by atoms with Crippen molar-refractivity contribution in [2.24, 2.45) is 0 Å². The Balaban J connectivity index is 1.64. The van der Waals surface area contributed by atoms with Crippen molar-refractivity contribution in [3.8, 4) is 5.75 Å². The highest BCUT2D eigenvalue weighted by atomic mass is 16.5. The maximum absolute atomic E-state index is 11.6. The minimum atomic E-state index is -0.0177. The van der Waals surface area contributed by atoms with Crippen LogP contribution in [0.4, 0.5) is 0 Å². The molecule has 1 aliphatic rings. The van der Waals surface area contributed by atoms with Crippen molar-refractivity contribution in [3.05, 3.63) is 54.2 Å². The molecular weight excluding hydrogens is 306 g/mol. The number of hydrogen-bond donors (Lipinski definition) is 0. The number of aromatic nitrogens is 2. The molecule has 0 spiro atoms. The molecule has 0 aliphatic carbocycles. The fourth-order valence-corrected chi connectivity index (χ4v) is 3.00. The van der Waals surface area contributed by atoms with E-state index >= 15 is 0 Å². The van der Waals surface area contributed by atoms with Crippen molar-refractivity contribution < 1.29 is 14.1 Å². The zero-order valence-corrected chi connectivity index (χ0v) is 13.8. The molecule has 0 radical (unpaired) electrons. The van der Waals surface area contributed by atoms with E-state index in [0.29, 0.717) is 31.2 Å². The molecule has 2 heterocycles. The van der Waals surface area contributed by atoms with Crippen LogP contribution in [0.15, 0.2) is 41.4 Å². The average molecular weight is 327 g/mol. The number of methoxy groups -OCH3 is 1. The van der Waals surface area contributed by atoms with Gasteiger partial charge in [-0.25, -0.2) is 0 Å². The van der Waals surface area contributed by atoms with Crippen LogP contribution in [0.3, 0.4) is 0 Å². The molecule has 1 aliphatic heterocycles. The zero-order valence-electron chi connectivity index (χ0n) is 13.8. The molecule has 126 valence electrons. The Labute approximate surface area is 141 Å². The van der Waals surface area contributed by atoms with Gasteiger partial charge in [0, 0.05) is 31.0 Å².